The Morgan fingerprint density at radius 2 is 2.27 bits per heavy atom. The van der Waals surface area contributed by atoms with Gasteiger partial charge < -0.3 is 10.0 Å². The van der Waals surface area contributed by atoms with Crippen molar-refractivity contribution in [1.29, 1.82) is 0 Å². The maximum absolute atomic E-state index is 12.8. The molecule has 0 fully saturated rings. The van der Waals surface area contributed by atoms with Crippen molar-refractivity contribution < 1.29 is 14.7 Å². The Balaban J connectivity index is 1.92. The molecular formula is C16H16N2O3S. The van der Waals surface area contributed by atoms with Crippen LogP contribution in [-0.4, -0.2) is 33.4 Å². The average Bonchev–Trinajstić information content (AvgIpc) is 3.01. The Hall–Kier alpha value is -2.21. The summed E-state index contributed by atoms with van der Waals surface area (Å²) in [4.78, 5) is 30.8. The first kappa shape index (κ1) is 14.7. The van der Waals surface area contributed by atoms with Crippen molar-refractivity contribution in [2.45, 2.75) is 25.8 Å². The molecule has 6 heteroatoms. The molecule has 1 N–H and O–H groups in total. The lowest BCUT2D eigenvalue weighted by molar-refractivity contribution is 0.0657. The Labute approximate surface area is 132 Å². The molecule has 1 amide bonds. The molecule has 1 aliphatic heterocycles. The van der Waals surface area contributed by atoms with E-state index in [9.17, 15) is 9.59 Å². The summed E-state index contributed by atoms with van der Waals surface area (Å²) in [6.07, 6.45) is 3.07. The van der Waals surface area contributed by atoms with Gasteiger partial charge in [-0.15, -0.1) is 11.3 Å². The number of nitrogens with zero attached hydrogens (tertiary/aromatic N) is 2. The minimum absolute atomic E-state index is 0.0592. The molecule has 5 nitrogen and oxygen atoms in total. The van der Waals surface area contributed by atoms with Gasteiger partial charge in [0, 0.05) is 23.2 Å². The number of thiophene rings is 1. The number of carbonyl (C=O) groups is 2. The molecule has 1 aliphatic rings. The summed E-state index contributed by atoms with van der Waals surface area (Å²) in [5.74, 6) is -1.26. The van der Waals surface area contributed by atoms with Crippen LogP contribution >= 0.6 is 11.3 Å². The van der Waals surface area contributed by atoms with Crippen LogP contribution < -0.4 is 0 Å². The fourth-order valence-corrected chi connectivity index (χ4v) is 3.85. The quantitative estimate of drug-likeness (QED) is 0.945. The van der Waals surface area contributed by atoms with Crippen molar-refractivity contribution >= 4 is 23.2 Å². The Bertz CT molecular complexity index is 726. The Morgan fingerprint density at radius 3 is 3.00 bits per heavy atom. The van der Waals surface area contributed by atoms with Crippen LogP contribution in [0.4, 0.5) is 0 Å². The van der Waals surface area contributed by atoms with Crippen molar-refractivity contribution in [3.63, 3.8) is 0 Å². The number of carboxylic acid groups (broad SMARTS) is 1. The lowest BCUT2D eigenvalue weighted by atomic mass is 9.97. The van der Waals surface area contributed by atoms with Crippen LogP contribution in [0, 0.1) is 0 Å². The van der Waals surface area contributed by atoms with Gasteiger partial charge in [-0.1, -0.05) is 6.92 Å². The first-order valence-electron chi connectivity index (χ1n) is 7.18. The van der Waals surface area contributed by atoms with E-state index in [0.29, 0.717) is 12.1 Å². The Morgan fingerprint density at radius 1 is 1.45 bits per heavy atom. The molecule has 1 unspecified atom stereocenters. The second-order valence-electron chi connectivity index (χ2n) is 5.21. The van der Waals surface area contributed by atoms with E-state index >= 15 is 0 Å². The molecule has 114 valence electrons. The van der Waals surface area contributed by atoms with Gasteiger partial charge in [0.25, 0.3) is 5.91 Å². The van der Waals surface area contributed by atoms with Gasteiger partial charge in [-0.25, -0.2) is 9.78 Å². The van der Waals surface area contributed by atoms with E-state index in [1.54, 1.807) is 17.4 Å². The van der Waals surface area contributed by atoms with Crippen LogP contribution in [0.15, 0.2) is 29.8 Å². The molecular weight excluding hydrogens is 300 g/mol. The maximum atomic E-state index is 12.8. The number of fused-ring (bicyclic) bond motifs is 1. The van der Waals surface area contributed by atoms with Crippen LogP contribution in [0.1, 0.15) is 50.7 Å². The third-order valence-corrected chi connectivity index (χ3v) is 4.96. The smallest absolute Gasteiger partial charge is 0.354 e. The number of rotatable bonds is 3. The van der Waals surface area contributed by atoms with Gasteiger partial charge in [0.15, 0.2) is 0 Å². The van der Waals surface area contributed by atoms with E-state index in [4.69, 9.17) is 5.11 Å². The fraction of sp³-hybridized carbons (Fsp3) is 0.312. The van der Waals surface area contributed by atoms with Crippen molar-refractivity contribution in [3.05, 3.63) is 51.5 Å². The maximum Gasteiger partial charge on any atom is 0.354 e. The highest BCUT2D eigenvalue weighted by molar-refractivity contribution is 7.10. The van der Waals surface area contributed by atoms with Gasteiger partial charge in [0.05, 0.1) is 6.04 Å². The standard InChI is InChI=1S/C16H16N2O3S/c1-2-13-11-5-8-22-14(11)4-7-18(13)15(19)10-3-6-17-12(9-10)16(20)21/h3,5-6,8-9,13H,2,4,7H2,1H3,(H,20,21). The van der Waals surface area contributed by atoms with Gasteiger partial charge in [-0.3, -0.25) is 4.79 Å². The van der Waals surface area contributed by atoms with Crippen LogP contribution in [-0.2, 0) is 6.42 Å². The second kappa shape index (κ2) is 5.88. The lowest BCUT2D eigenvalue weighted by Crippen LogP contribution is -2.39. The third-order valence-electron chi connectivity index (χ3n) is 3.97. The fourth-order valence-electron chi connectivity index (χ4n) is 2.93. The molecule has 0 aromatic carbocycles. The first-order valence-corrected chi connectivity index (χ1v) is 8.06. The molecule has 0 aliphatic carbocycles. The number of aromatic carboxylic acids is 1. The van der Waals surface area contributed by atoms with Crippen molar-refractivity contribution in [3.8, 4) is 0 Å². The number of aromatic nitrogens is 1. The number of amides is 1. The lowest BCUT2D eigenvalue weighted by Gasteiger charge is -2.35. The highest BCUT2D eigenvalue weighted by atomic mass is 32.1. The molecule has 0 spiro atoms. The predicted molar refractivity (Wildman–Crippen MR) is 83.3 cm³/mol. The molecule has 0 saturated carbocycles. The molecule has 2 aromatic heterocycles. The Kier molecular flexibility index (Phi) is 3.94. The molecule has 0 bridgehead atoms. The van der Waals surface area contributed by atoms with E-state index in [1.807, 2.05) is 4.90 Å². The zero-order valence-corrected chi connectivity index (χ0v) is 13.0. The highest BCUT2D eigenvalue weighted by Gasteiger charge is 2.31. The first-order chi connectivity index (χ1) is 10.6. The van der Waals surface area contributed by atoms with E-state index < -0.39 is 5.97 Å². The second-order valence-corrected chi connectivity index (χ2v) is 6.21. The van der Waals surface area contributed by atoms with Gasteiger partial charge in [-0.2, -0.15) is 0 Å². The number of pyridine rings is 1. The monoisotopic (exact) mass is 316 g/mol. The normalized spacial score (nSPS) is 17.1. The van der Waals surface area contributed by atoms with Crippen molar-refractivity contribution in [2.75, 3.05) is 6.54 Å². The number of hydrogen-bond donors (Lipinski definition) is 1. The van der Waals surface area contributed by atoms with Gasteiger partial charge in [-0.05, 0) is 42.0 Å². The molecule has 3 heterocycles. The summed E-state index contributed by atoms with van der Waals surface area (Å²) in [6.45, 7) is 2.72. The molecule has 2 aromatic rings. The van der Waals surface area contributed by atoms with Crippen LogP contribution in [0.2, 0.25) is 0 Å². The number of carboxylic acids is 1. The minimum atomic E-state index is -1.12. The zero-order valence-electron chi connectivity index (χ0n) is 12.2. The third kappa shape index (κ3) is 2.50. The number of hydrogen-bond acceptors (Lipinski definition) is 4. The summed E-state index contributed by atoms with van der Waals surface area (Å²) >= 11 is 1.73. The van der Waals surface area contributed by atoms with Crippen molar-refractivity contribution in [2.24, 2.45) is 0 Å². The summed E-state index contributed by atoms with van der Waals surface area (Å²) in [5, 5.41) is 11.1. The van der Waals surface area contributed by atoms with E-state index in [-0.39, 0.29) is 17.6 Å². The molecule has 1 atom stereocenters. The topological polar surface area (TPSA) is 70.5 Å². The van der Waals surface area contributed by atoms with E-state index in [1.165, 1.54) is 22.7 Å². The highest BCUT2D eigenvalue weighted by Crippen LogP contribution is 2.35. The van der Waals surface area contributed by atoms with Crippen LogP contribution in [0.3, 0.4) is 0 Å². The molecule has 22 heavy (non-hydrogen) atoms. The molecule has 3 rings (SSSR count). The molecule has 0 radical (unpaired) electrons. The van der Waals surface area contributed by atoms with E-state index in [2.05, 4.69) is 23.4 Å². The summed E-state index contributed by atoms with van der Waals surface area (Å²) < 4.78 is 0. The van der Waals surface area contributed by atoms with E-state index in [0.717, 1.165) is 12.8 Å². The minimum Gasteiger partial charge on any atom is -0.477 e. The zero-order chi connectivity index (χ0) is 15.7. The van der Waals surface area contributed by atoms with Gasteiger partial charge in [0.1, 0.15) is 5.69 Å². The SMILES string of the molecule is CCC1c2ccsc2CCN1C(=O)c1ccnc(C(=O)O)c1. The van der Waals surface area contributed by atoms with Crippen molar-refractivity contribution in [1.82, 2.24) is 9.88 Å². The number of carbonyl (C=O) groups excluding carboxylic acids is 1. The average molecular weight is 316 g/mol. The summed E-state index contributed by atoms with van der Waals surface area (Å²) in [6, 6.07) is 5.07. The predicted octanol–water partition coefficient (Wildman–Crippen LogP) is 2.99. The van der Waals surface area contributed by atoms with Gasteiger partial charge >= 0.3 is 5.97 Å². The van der Waals surface area contributed by atoms with Crippen LogP contribution in [0.25, 0.3) is 0 Å². The van der Waals surface area contributed by atoms with Crippen LogP contribution in [0.5, 0.6) is 0 Å². The summed E-state index contributed by atoms with van der Waals surface area (Å²) in [7, 11) is 0. The summed E-state index contributed by atoms with van der Waals surface area (Å²) in [5.41, 5.74) is 1.50. The largest absolute Gasteiger partial charge is 0.477 e. The molecule has 0 saturated heterocycles. The van der Waals surface area contributed by atoms with Gasteiger partial charge in [0.2, 0.25) is 0 Å².